The van der Waals surface area contributed by atoms with E-state index in [4.69, 9.17) is 4.74 Å². The van der Waals surface area contributed by atoms with Crippen molar-refractivity contribution >= 4 is 6.29 Å². The van der Waals surface area contributed by atoms with Crippen LogP contribution in [0.4, 0.5) is 0 Å². The highest BCUT2D eigenvalue weighted by Gasteiger charge is 2.07. The first-order valence-corrected chi connectivity index (χ1v) is 4.02. The summed E-state index contributed by atoms with van der Waals surface area (Å²) in [5.74, 6) is 5.64. The van der Waals surface area contributed by atoms with Crippen molar-refractivity contribution in [3.05, 3.63) is 23.3 Å². The van der Waals surface area contributed by atoms with Crippen molar-refractivity contribution in [3.8, 4) is 23.3 Å². The maximum Gasteiger partial charge on any atom is 0.161 e. The second-order valence-electron chi connectivity index (χ2n) is 2.60. The Kier molecular flexibility index (Phi) is 3.14. The number of benzene rings is 1. The summed E-state index contributed by atoms with van der Waals surface area (Å²) in [6, 6.07) is 2.88. The van der Waals surface area contributed by atoms with Crippen LogP contribution in [0.3, 0.4) is 0 Å². The quantitative estimate of drug-likeness (QED) is 0.569. The Morgan fingerprint density at radius 3 is 2.71 bits per heavy atom. The third kappa shape index (κ3) is 1.86. The van der Waals surface area contributed by atoms with Crippen molar-refractivity contribution in [1.29, 1.82) is 0 Å². The highest BCUT2D eigenvalue weighted by atomic mass is 16.5. The van der Waals surface area contributed by atoms with Crippen LogP contribution in [0.2, 0.25) is 0 Å². The number of carbonyl (C=O) groups is 1. The SMILES string of the molecule is CC#Cc1cc(O)c(OC)cc1C=O. The largest absolute Gasteiger partial charge is 0.504 e. The average molecular weight is 190 g/mol. The third-order valence-corrected chi connectivity index (χ3v) is 1.74. The molecule has 3 nitrogen and oxygen atoms in total. The lowest BCUT2D eigenvalue weighted by atomic mass is 10.1. The van der Waals surface area contributed by atoms with E-state index < -0.39 is 0 Å². The molecule has 3 heteroatoms. The second-order valence-corrected chi connectivity index (χ2v) is 2.60. The van der Waals surface area contributed by atoms with E-state index in [0.29, 0.717) is 17.4 Å². The van der Waals surface area contributed by atoms with Crippen LogP contribution in [0, 0.1) is 11.8 Å². The summed E-state index contributed by atoms with van der Waals surface area (Å²) >= 11 is 0. The van der Waals surface area contributed by atoms with Crippen LogP contribution in [0.15, 0.2) is 12.1 Å². The number of hydrogen-bond acceptors (Lipinski definition) is 3. The Hall–Kier alpha value is -1.95. The number of ether oxygens (including phenoxy) is 1. The highest BCUT2D eigenvalue weighted by Crippen LogP contribution is 2.28. The zero-order valence-electron chi connectivity index (χ0n) is 8.00. The van der Waals surface area contributed by atoms with Gasteiger partial charge in [-0.2, -0.15) is 0 Å². The molecule has 0 heterocycles. The van der Waals surface area contributed by atoms with Gasteiger partial charge in [0.1, 0.15) is 0 Å². The van der Waals surface area contributed by atoms with E-state index in [1.54, 1.807) is 6.92 Å². The fourth-order valence-electron chi connectivity index (χ4n) is 1.09. The highest BCUT2D eigenvalue weighted by molar-refractivity contribution is 5.81. The summed E-state index contributed by atoms with van der Waals surface area (Å²) < 4.78 is 4.86. The van der Waals surface area contributed by atoms with E-state index >= 15 is 0 Å². The maximum atomic E-state index is 10.7. The first-order chi connectivity index (χ1) is 6.72. The van der Waals surface area contributed by atoms with E-state index in [1.807, 2.05) is 0 Å². The molecule has 1 rings (SSSR count). The molecule has 0 saturated heterocycles. The van der Waals surface area contributed by atoms with Crippen molar-refractivity contribution in [3.63, 3.8) is 0 Å². The molecule has 0 aromatic heterocycles. The number of aromatic hydroxyl groups is 1. The molecule has 0 saturated carbocycles. The molecule has 1 N–H and O–H groups in total. The lowest BCUT2D eigenvalue weighted by Gasteiger charge is -2.05. The molecule has 0 atom stereocenters. The van der Waals surface area contributed by atoms with Crippen molar-refractivity contribution in [2.45, 2.75) is 6.92 Å². The molecule has 14 heavy (non-hydrogen) atoms. The van der Waals surface area contributed by atoms with Gasteiger partial charge >= 0.3 is 0 Å². The first kappa shape index (κ1) is 10.1. The lowest BCUT2D eigenvalue weighted by molar-refractivity contribution is 0.112. The molecule has 0 unspecified atom stereocenters. The number of aldehydes is 1. The van der Waals surface area contributed by atoms with Crippen LogP contribution in [0.25, 0.3) is 0 Å². The van der Waals surface area contributed by atoms with E-state index in [0.717, 1.165) is 0 Å². The number of carbonyl (C=O) groups excluding carboxylic acids is 1. The van der Waals surface area contributed by atoms with Crippen LogP contribution < -0.4 is 4.74 Å². The van der Waals surface area contributed by atoms with Gasteiger partial charge in [-0.1, -0.05) is 5.92 Å². The standard InChI is InChI=1S/C11H10O3/c1-3-4-8-5-10(13)11(14-2)6-9(8)7-12/h5-7,13H,1-2H3. The van der Waals surface area contributed by atoms with Gasteiger partial charge < -0.3 is 9.84 Å². The lowest BCUT2D eigenvalue weighted by Crippen LogP contribution is -1.91. The summed E-state index contributed by atoms with van der Waals surface area (Å²) in [5, 5.41) is 9.43. The number of methoxy groups -OCH3 is 1. The average Bonchev–Trinajstić information content (AvgIpc) is 2.19. The van der Waals surface area contributed by atoms with Gasteiger partial charge in [0.2, 0.25) is 0 Å². The van der Waals surface area contributed by atoms with Crippen molar-refractivity contribution in [2.75, 3.05) is 7.11 Å². The molecule has 0 aliphatic carbocycles. The van der Waals surface area contributed by atoms with Gasteiger partial charge in [0.15, 0.2) is 17.8 Å². The molecular formula is C11H10O3. The fourth-order valence-corrected chi connectivity index (χ4v) is 1.09. The predicted octanol–water partition coefficient (Wildman–Crippen LogP) is 1.58. The predicted molar refractivity (Wildman–Crippen MR) is 52.6 cm³/mol. The number of hydrogen-bond donors (Lipinski definition) is 1. The second kappa shape index (κ2) is 4.33. The van der Waals surface area contributed by atoms with Crippen LogP contribution in [-0.4, -0.2) is 18.5 Å². The minimum atomic E-state index is -0.0177. The summed E-state index contributed by atoms with van der Waals surface area (Å²) in [5.41, 5.74) is 0.912. The molecular weight excluding hydrogens is 180 g/mol. The smallest absolute Gasteiger partial charge is 0.161 e. The first-order valence-electron chi connectivity index (χ1n) is 4.02. The monoisotopic (exact) mass is 190 g/mol. The van der Waals surface area contributed by atoms with Crippen molar-refractivity contribution in [1.82, 2.24) is 0 Å². The van der Waals surface area contributed by atoms with Crippen molar-refractivity contribution < 1.29 is 14.6 Å². The van der Waals surface area contributed by atoms with Gasteiger partial charge in [0, 0.05) is 17.2 Å². The molecule has 0 aliphatic rings. The third-order valence-electron chi connectivity index (χ3n) is 1.74. The van der Waals surface area contributed by atoms with E-state index in [1.165, 1.54) is 19.2 Å². The fraction of sp³-hybridized carbons (Fsp3) is 0.182. The number of phenolic OH excluding ortho intramolecular Hbond substituents is 1. The molecule has 0 fully saturated rings. The number of phenols is 1. The summed E-state index contributed by atoms with van der Waals surface area (Å²) in [4.78, 5) is 10.7. The Balaban J connectivity index is 3.35. The van der Waals surface area contributed by atoms with Crippen LogP contribution >= 0.6 is 0 Å². The van der Waals surface area contributed by atoms with Gasteiger partial charge in [-0.25, -0.2) is 0 Å². The van der Waals surface area contributed by atoms with Crippen LogP contribution in [-0.2, 0) is 0 Å². The molecule has 0 spiro atoms. The minimum absolute atomic E-state index is 0.0177. The molecule has 0 aliphatic heterocycles. The van der Waals surface area contributed by atoms with Gasteiger partial charge in [0.05, 0.1) is 7.11 Å². The maximum absolute atomic E-state index is 10.7. The van der Waals surface area contributed by atoms with Crippen LogP contribution in [0.1, 0.15) is 22.8 Å². The Bertz CT molecular complexity index is 411. The van der Waals surface area contributed by atoms with E-state index in [2.05, 4.69) is 11.8 Å². The molecule has 0 radical (unpaired) electrons. The Labute approximate surface area is 82.3 Å². The summed E-state index contributed by atoms with van der Waals surface area (Å²) in [7, 11) is 1.43. The zero-order valence-corrected chi connectivity index (χ0v) is 8.00. The topological polar surface area (TPSA) is 46.5 Å². The van der Waals surface area contributed by atoms with E-state index in [9.17, 15) is 9.90 Å². The van der Waals surface area contributed by atoms with Gasteiger partial charge in [-0.05, 0) is 13.0 Å². The Morgan fingerprint density at radius 1 is 1.50 bits per heavy atom. The van der Waals surface area contributed by atoms with Gasteiger partial charge in [-0.15, -0.1) is 5.92 Å². The molecule has 1 aromatic carbocycles. The van der Waals surface area contributed by atoms with E-state index in [-0.39, 0.29) is 11.5 Å². The molecule has 72 valence electrons. The Morgan fingerprint density at radius 2 is 2.21 bits per heavy atom. The van der Waals surface area contributed by atoms with Crippen molar-refractivity contribution in [2.24, 2.45) is 0 Å². The molecule has 1 aromatic rings. The molecule has 0 bridgehead atoms. The minimum Gasteiger partial charge on any atom is -0.504 e. The van der Waals surface area contributed by atoms with Gasteiger partial charge in [-0.3, -0.25) is 4.79 Å². The summed E-state index contributed by atoms with van der Waals surface area (Å²) in [6.45, 7) is 1.66. The summed E-state index contributed by atoms with van der Waals surface area (Å²) in [6.07, 6.45) is 0.682. The van der Waals surface area contributed by atoms with Gasteiger partial charge in [0.25, 0.3) is 0 Å². The normalized spacial score (nSPS) is 8.71. The zero-order chi connectivity index (χ0) is 10.6. The molecule has 0 amide bonds. The van der Waals surface area contributed by atoms with Crippen LogP contribution in [0.5, 0.6) is 11.5 Å². The number of rotatable bonds is 2.